The Balaban J connectivity index is 1.52. The molecule has 1 aliphatic heterocycles. The van der Waals surface area contributed by atoms with Crippen molar-refractivity contribution in [3.05, 3.63) is 88.6 Å². The van der Waals surface area contributed by atoms with E-state index >= 15 is 0 Å². The highest BCUT2D eigenvalue weighted by Gasteiger charge is 2.33. The Bertz CT molecular complexity index is 1220. The Labute approximate surface area is 215 Å². The van der Waals surface area contributed by atoms with E-state index in [-0.39, 0.29) is 30.9 Å². The van der Waals surface area contributed by atoms with Crippen molar-refractivity contribution in [1.29, 1.82) is 0 Å². The predicted octanol–water partition coefficient (Wildman–Crippen LogP) is 4.60. The van der Waals surface area contributed by atoms with E-state index in [1.165, 1.54) is 9.78 Å². The number of benzene rings is 2. The fourth-order valence-corrected chi connectivity index (χ4v) is 5.24. The fraction of sp³-hybridized carbons (Fsp3) is 0.286. The number of carbonyl (C=O) groups is 2. The SMILES string of the molecule is C=CCN(CC(=O)N1CCc2sccc2[C@H]1COc1cccc(OC)c1)C(=O)c1cccc(OC)c1. The largest absolute Gasteiger partial charge is 0.497 e. The second kappa shape index (κ2) is 11.8. The summed E-state index contributed by atoms with van der Waals surface area (Å²) in [5, 5.41) is 2.05. The van der Waals surface area contributed by atoms with Crippen LogP contribution in [0.5, 0.6) is 17.2 Å². The lowest BCUT2D eigenvalue weighted by Crippen LogP contribution is -2.47. The van der Waals surface area contributed by atoms with Crippen LogP contribution in [0.25, 0.3) is 0 Å². The molecule has 0 N–H and O–H groups in total. The predicted molar refractivity (Wildman–Crippen MR) is 140 cm³/mol. The van der Waals surface area contributed by atoms with Crippen molar-refractivity contribution in [3.63, 3.8) is 0 Å². The number of methoxy groups -OCH3 is 2. The van der Waals surface area contributed by atoms with Gasteiger partial charge in [0.15, 0.2) is 0 Å². The van der Waals surface area contributed by atoms with Crippen molar-refractivity contribution in [1.82, 2.24) is 9.80 Å². The van der Waals surface area contributed by atoms with Crippen LogP contribution in [0.4, 0.5) is 0 Å². The number of fused-ring (bicyclic) bond motifs is 1. The first-order valence-corrected chi connectivity index (χ1v) is 12.6. The van der Waals surface area contributed by atoms with E-state index in [2.05, 4.69) is 12.6 Å². The lowest BCUT2D eigenvalue weighted by atomic mass is 10.0. The third-order valence-electron chi connectivity index (χ3n) is 6.14. The average Bonchev–Trinajstić information content (AvgIpc) is 3.40. The van der Waals surface area contributed by atoms with Crippen molar-refractivity contribution in [2.75, 3.05) is 40.5 Å². The van der Waals surface area contributed by atoms with Crippen molar-refractivity contribution in [3.8, 4) is 17.2 Å². The van der Waals surface area contributed by atoms with Crippen molar-refractivity contribution in [2.45, 2.75) is 12.5 Å². The van der Waals surface area contributed by atoms with Gasteiger partial charge >= 0.3 is 0 Å². The Hall–Kier alpha value is -3.78. The molecular formula is C28H30N2O5S. The standard InChI is InChI=1S/C28H30N2O5S/c1-4-13-29(28(32)20-7-5-8-21(16-20)33-2)18-27(31)30-14-11-26-24(12-15-36-26)25(30)19-35-23-10-6-9-22(17-23)34-3/h4-10,12,15-17,25H,1,11,13-14,18-19H2,2-3H3/t25-/m1/s1. The number of amides is 2. The topological polar surface area (TPSA) is 68.3 Å². The third kappa shape index (κ3) is 5.71. The molecular weight excluding hydrogens is 476 g/mol. The van der Waals surface area contributed by atoms with Crippen LogP contribution in [-0.4, -0.2) is 62.1 Å². The maximum Gasteiger partial charge on any atom is 0.254 e. The molecule has 0 aliphatic carbocycles. The van der Waals surface area contributed by atoms with Gasteiger partial charge in [-0.15, -0.1) is 17.9 Å². The molecule has 1 aliphatic rings. The Kier molecular flexibility index (Phi) is 8.28. The molecule has 0 bridgehead atoms. The minimum absolute atomic E-state index is 0.0583. The van der Waals surface area contributed by atoms with E-state index in [0.717, 1.165) is 12.0 Å². The van der Waals surface area contributed by atoms with Crippen LogP contribution in [-0.2, 0) is 11.2 Å². The molecule has 1 atom stereocenters. The number of rotatable bonds is 10. The first-order valence-electron chi connectivity index (χ1n) is 11.7. The minimum Gasteiger partial charge on any atom is -0.497 e. The van der Waals surface area contributed by atoms with E-state index in [1.54, 1.807) is 55.9 Å². The zero-order valence-electron chi connectivity index (χ0n) is 20.5. The lowest BCUT2D eigenvalue weighted by molar-refractivity contribution is -0.135. The second-order valence-corrected chi connectivity index (χ2v) is 9.35. The Morgan fingerprint density at radius 3 is 2.56 bits per heavy atom. The highest BCUT2D eigenvalue weighted by atomic mass is 32.1. The van der Waals surface area contributed by atoms with E-state index in [9.17, 15) is 9.59 Å². The van der Waals surface area contributed by atoms with Gasteiger partial charge in [0, 0.05) is 29.6 Å². The summed E-state index contributed by atoms with van der Waals surface area (Å²) >= 11 is 1.70. The van der Waals surface area contributed by atoms with Gasteiger partial charge in [-0.1, -0.05) is 18.2 Å². The van der Waals surface area contributed by atoms with Crippen LogP contribution >= 0.6 is 11.3 Å². The molecule has 0 fully saturated rings. The van der Waals surface area contributed by atoms with Crippen LogP contribution in [0, 0.1) is 0 Å². The number of thiophene rings is 1. The van der Waals surface area contributed by atoms with Gasteiger partial charge in [-0.3, -0.25) is 9.59 Å². The quantitative estimate of drug-likeness (QED) is 0.376. The number of carbonyl (C=O) groups excluding carboxylic acids is 2. The second-order valence-electron chi connectivity index (χ2n) is 8.35. The number of hydrogen-bond donors (Lipinski definition) is 0. The monoisotopic (exact) mass is 506 g/mol. The van der Waals surface area contributed by atoms with Gasteiger partial charge in [0.1, 0.15) is 30.4 Å². The highest BCUT2D eigenvalue weighted by Crippen LogP contribution is 2.34. The molecule has 0 unspecified atom stereocenters. The molecule has 2 aromatic carbocycles. The molecule has 0 saturated carbocycles. The maximum absolute atomic E-state index is 13.6. The van der Waals surface area contributed by atoms with Gasteiger partial charge in [0.05, 0.1) is 20.3 Å². The van der Waals surface area contributed by atoms with Crippen LogP contribution in [0.15, 0.2) is 72.6 Å². The van der Waals surface area contributed by atoms with Gasteiger partial charge in [-0.05, 0) is 53.8 Å². The van der Waals surface area contributed by atoms with E-state index in [4.69, 9.17) is 14.2 Å². The van der Waals surface area contributed by atoms with Crippen LogP contribution in [0.1, 0.15) is 26.8 Å². The number of hydrogen-bond acceptors (Lipinski definition) is 6. The van der Waals surface area contributed by atoms with Crippen LogP contribution in [0.2, 0.25) is 0 Å². The van der Waals surface area contributed by atoms with Gasteiger partial charge < -0.3 is 24.0 Å². The molecule has 1 aromatic heterocycles. The van der Waals surface area contributed by atoms with Gasteiger partial charge in [0.25, 0.3) is 5.91 Å². The normalized spacial score (nSPS) is 14.5. The van der Waals surface area contributed by atoms with Gasteiger partial charge in [-0.25, -0.2) is 0 Å². The zero-order valence-corrected chi connectivity index (χ0v) is 21.3. The van der Waals surface area contributed by atoms with Gasteiger partial charge in [-0.2, -0.15) is 0 Å². The summed E-state index contributed by atoms with van der Waals surface area (Å²) in [6, 6.07) is 16.1. The molecule has 0 radical (unpaired) electrons. The van der Waals surface area contributed by atoms with Crippen molar-refractivity contribution < 1.29 is 23.8 Å². The molecule has 188 valence electrons. The Morgan fingerprint density at radius 2 is 1.81 bits per heavy atom. The number of nitrogens with zero attached hydrogens (tertiary/aromatic N) is 2. The van der Waals surface area contributed by atoms with E-state index in [1.807, 2.05) is 34.5 Å². The molecule has 36 heavy (non-hydrogen) atoms. The average molecular weight is 507 g/mol. The molecule has 8 heteroatoms. The maximum atomic E-state index is 13.6. The smallest absolute Gasteiger partial charge is 0.254 e. The fourth-order valence-electron chi connectivity index (χ4n) is 4.31. The van der Waals surface area contributed by atoms with Gasteiger partial charge in [0.2, 0.25) is 5.91 Å². The molecule has 0 spiro atoms. The summed E-state index contributed by atoms with van der Waals surface area (Å²) in [5.74, 6) is 1.58. The lowest BCUT2D eigenvalue weighted by Gasteiger charge is -2.37. The molecule has 2 amide bonds. The zero-order chi connectivity index (χ0) is 25.5. The molecule has 0 saturated heterocycles. The highest BCUT2D eigenvalue weighted by molar-refractivity contribution is 7.10. The van der Waals surface area contributed by atoms with Crippen LogP contribution in [0.3, 0.4) is 0 Å². The van der Waals surface area contributed by atoms with Crippen molar-refractivity contribution >= 4 is 23.2 Å². The summed E-state index contributed by atoms with van der Waals surface area (Å²) in [7, 11) is 3.16. The summed E-state index contributed by atoms with van der Waals surface area (Å²) in [6.07, 6.45) is 2.40. The molecule has 3 aromatic rings. The minimum atomic E-state index is -0.254. The molecule has 2 heterocycles. The van der Waals surface area contributed by atoms with E-state index in [0.29, 0.717) is 36.0 Å². The van der Waals surface area contributed by atoms with Crippen molar-refractivity contribution in [2.24, 2.45) is 0 Å². The summed E-state index contributed by atoms with van der Waals surface area (Å²) in [6.45, 7) is 4.83. The summed E-state index contributed by atoms with van der Waals surface area (Å²) < 4.78 is 16.7. The third-order valence-corrected chi connectivity index (χ3v) is 7.14. The van der Waals surface area contributed by atoms with E-state index < -0.39 is 0 Å². The number of ether oxygens (including phenoxy) is 3. The first kappa shape index (κ1) is 25.3. The summed E-state index contributed by atoms with van der Waals surface area (Å²) in [4.78, 5) is 31.4. The van der Waals surface area contributed by atoms with Crippen LogP contribution < -0.4 is 14.2 Å². The summed E-state index contributed by atoms with van der Waals surface area (Å²) in [5.41, 5.74) is 1.55. The Morgan fingerprint density at radius 1 is 1.08 bits per heavy atom. The first-order chi connectivity index (χ1) is 17.5. The molecule has 4 rings (SSSR count). The molecule has 7 nitrogen and oxygen atoms in total.